The summed E-state index contributed by atoms with van der Waals surface area (Å²) < 4.78 is 0. The Bertz CT molecular complexity index is 516. The molecule has 0 aliphatic heterocycles. The van der Waals surface area contributed by atoms with Gasteiger partial charge in [-0.3, -0.25) is 4.79 Å². The van der Waals surface area contributed by atoms with Crippen molar-refractivity contribution in [1.29, 1.82) is 5.26 Å². The molecule has 0 saturated carbocycles. The number of anilines is 2. The molecule has 1 heterocycles. The molecule has 7 heteroatoms. The van der Waals surface area contributed by atoms with Crippen LogP contribution >= 0.6 is 11.3 Å². The van der Waals surface area contributed by atoms with E-state index in [0.29, 0.717) is 28.5 Å². The summed E-state index contributed by atoms with van der Waals surface area (Å²) in [5, 5.41) is 15.8. The Kier molecular flexibility index (Phi) is 6.99. The first-order valence-electron chi connectivity index (χ1n) is 7.15. The lowest BCUT2D eigenvalue weighted by Gasteiger charge is -2.18. The van der Waals surface area contributed by atoms with E-state index in [9.17, 15) is 10.1 Å². The maximum atomic E-state index is 11.9. The van der Waals surface area contributed by atoms with Gasteiger partial charge in [-0.05, 0) is 20.0 Å². The number of carbonyl (C=O) groups is 1. The molecule has 0 bridgehead atoms. The quantitative estimate of drug-likeness (QED) is 0.679. The van der Waals surface area contributed by atoms with E-state index in [0.717, 1.165) is 19.6 Å². The van der Waals surface area contributed by atoms with Crippen LogP contribution in [0.1, 0.15) is 36.0 Å². The number of nitrogens with two attached hydrogens (primary N) is 1. The predicted octanol–water partition coefficient (Wildman–Crippen LogP) is 1.71. The SMILES string of the molecule is CCNC(=O)c1sc(NCCN(CC)CC)c(C#N)c1N. The number of amides is 1. The Balaban J connectivity index is 2.81. The van der Waals surface area contributed by atoms with Gasteiger partial charge in [-0.15, -0.1) is 11.3 Å². The third-order valence-corrected chi connectivity index (χ3v) is 4.37. The zero-order valence-corrected chi connectivity index (χ0v) is 13.6. The molecule has 21 heavy (non-hydrogen) atoms. The molecule has 0 fully saturated rings. The van der Waals surface area contributed by atoms with Gasteiger partial charge in [0.1, 0.15) is 21.5 Å². The van der Waals surface area contributed by atoms with Crippen LogP contribution in [0.2, 0.25) is 0 Å². The number of nitrogen functional groups attached to an aromatic ring is 1. The summed E-state index contributed by atoms with van der Waals surface area (Å²) in [6.07, 6.45) is 0. The second kappa shape index (κ2) is 8.49. The number of hydrogen-bond acceptors (Lipinski definition) is 6. The van der Waals surface area contributed by atoms with Crippen LogP contribution in [0.15, 0.2) is 0 Å². The molecule has 4 N–H and O–H groups in total. The van der Waals surface area contributed by atoms with Crippen LogP contribution < -0.4 is 16.4 Å². The van der Waals surface area contributed by atoms with Gasteiger partial charge < -0.3 is 21.3 Å². The first-order valence-corrected chi connectivity index (χ1v) is 7.97. The summed E-state index contributed by atoms with van der Waals surface area (Å²) in [7, 11) is 0. The number of hydrogen-bond donors (Lipinski definition) is 3. The van der Waals surface area contributed by atoms with Gasteiger partial charge in [0, 0.05) is 19.6 Å². The third-order valence-electron chi connectivity index (χ3n) is 3.21. The van der Waals surface area contributed by atoms with Crippen LogP contribution in [-0.2, 0) is 0 Å². The highest BCUT2D eigenvalue weighted by atomic mass is 32.1. The molecule has 0 aliphatic carbocycles. The van der Waals surface area contributed by atoms with E-state index in [-0.39, 0.29) is 11.6 Å². The van der Waals surface area contributed by atoms with Crippen LogP contribution in [0.25, 0.3) is 0 Å². The second-order valence-electron chi connectivity index (χ2n) is 4.47. The van der Waals surface area contributed by atoms with E-state index in [1.807, 2.05) is 6.92 Å². The monoisotopic (exact) mass is 309 g/mol. The minimum absolute atomic E-state index is 0.228. The van der Waals surface area contributed by atoms with Crippen molar-refractivity contribution in [3.63, 3.8) is 0 Å². The average Bonchev–Trinajstić information content (AvgIpc) is 2.80. The summed E-state index contributed by atoms with van der Waals surface area (Å²) in [6, 6.07) is 2.08. The number of nitrogens with zero attached hydrogens (tertiary/aromatic N) is 2. The Morgan fingerprint density at radius 1 is 1.38 bits per heavy atom. The highest BCUT2D eigenvalue weighted by Gasteiger charge is 2.20. The lowest BCUT2D eigenvalue weighted by molar-refractivity contribution is 0.0960. The van der Waals surface area contributed by atoms with Crippen LogP contribution in [-0.4, -0.2) is 43.5 Å². The Morgan fingerprint density at radius 3 is 2.57 bits per heavy atom. The van der Waals surface area contributed by atoms with Gasteiger partial charge in [0.2, 0.25) is 0 Å². The largest absolute Gasteiger partial charge is 0.396 e. The van der Waals surface area contributed by atoms with Crippen molar-refractivity contribution in [2.24, 2.45) is 0 Å². The van der Waals surface area contributed by atoms with Crippen LogP contribution in [0.5, 0.6) is 0 Å². The molecule has 0 unspecified atom stereocenters. The zero-order valence-electron chi connectivity index (χ0n) is 12.8. The van der Waals surface area contributed by atoms with Crippen LogP contribution in [0.4, 0.5) is 10.7 Å². The van der Waals surface area contributed by atoms with Gasteiger partial charge in [-0.2, -0.15) is 5.26 Å². The first-order chi connectivity index (χ1) is 10.1. The Labute approximate surface area is 129 Å². The molecular weight excluding hydrogens is 286 g/mol. The molecule has 1 amide bonds. The van der Waals surface area contributed by atoms with Crippen molar-refractivity contribution >= 4 is 27.9 Å². The molecule has 1 rings (SSSR count). The van der Waals surface area contributed by atoms with E-state index >= 15 is 0 Å². The predicted molar refractivity (Wildman–Crippen MR) is 87.7 cm³/mol. The number of likely N-dealkylation sites (N-methyl/N-ethyl adjacent to an activating group) is 1. The van der Waals surface area contributed by atoms with Gasteiger partial charge in [-0.1, -0.05) is 13.8 Å². The topological polar surface area (TPSA) is 94.2 Å². The maximum Gasteiger partial charge on any atom is 0.263 e. The smallest absolute Gasteiger partial charge is 0.263 e. The van der Waals surface area contributed by atoms with Crippen molar-refractivity contribution < 1.29 is 4.79 Å². The van der Waals surface area contributed by atoms with Gasteiger partial charge in [0.25, 0.3) is 5.91 Å². The van der Waals surface area contributed by atoms with Crippen LogP contribution in [0, 0.1) is 11.3 Å². The standard InChI is InChI=1S/C14H23N5OS/c1-4-17-13(20)12-11(16)10(9-15)14(21-12)18-7-8-19(5-2)6-3/h18H,4-8,16H2,1-3H3,(H,17,20). The molecule has 0 atom stereocenters. The Morgan fingerprint density at radius 2 is 2.05 bits per heavy atom. The van der Waals surface area contributed by atoms with Crippen LogP contribution in [0.3, 0.4) is 0 Å². The summed E-state index contributed by atoms with van der Waals surface area (Å²) >= 11 is 1.24. The molecule has 1 aromatic heterocycles. The second-order valence-corrected chi connectivity index (χ2v) is 5.49. The van der Waals surface area contributed by atoms with E-state index in [2.05, 4.69) is 35.5 Å². The van der Waals surface area contributed by atoms with Crippen molar-refractivity contribution in [2.75, 3.05) is 43.8 Å². The fraction of sp³-hybridized carbons (Fsp3) is 0.571. The highest BCUT2D eigenvalue weighted by molar-refractivity contribution is 7.18. The minimum Gasteiger partial charge on any atom is -0.396 e. The van der Waals surface area contributed by atoms with E-state index in [1.54, 1.807) is 0 Å². The molecule has 116 valence electrons. The molecule has 0 aromatic carbocycles. The van der Waals surface area contributed by atoms with Crippen molar-refractivity contribution in [1.82, 2.24) is 10.2 Å². The normalized spacial score (nSPS) is 10.4. The zero-order chi connectivity index (χ0) is 15.8. The number of thiophene rings is 1. The first kappa shape index (κ1) is 17.3. The number of rotatable bonds is 8. The van der Waals surface area contributed by atoms with Crippen molar-refractivity contribution in [3.8, 4) is 6.07 Å². The fourth-order valence-electron chi connectivity index (χ4n) is 1.96. The molecule has 0 spiro atoms. The molecule has 1 aromatic rings. The van der Waals surface area contributed by atoms with Gasteiger partial charge >= 0.3 is 0 Å². The van der Waals surface area contributed by atoms with E-state index in [1.165, 1.54) is 11.3 Å². The molecule has 0 saturated heterocycles. The number of carbonyl (C=O) groups excluding carboxylic acids is 1. The molecule has 0 radical (unpaired) electrons. The summed E-state index contributed by atoms with van der Waals surface area (Å²) in [5.74, 6) is -0.228. The highest BCUT2D eigenvalue weighted by Crippen LogP contribution is 2.34. The molecule has 0 aliphatic rings. The van der Waals surface area contributed by atoms with Crippen molar-refractivity contribution in [3.05, 3.63) is 10.4 Å². The maximum absolute atomic E-state index is 11.9. The number of nitriles is 1. The lowest BCUT2D eigenvalue weighted by Crippen LogP contribution is -2.28. The van der Waals surface area contributed by atoms with E-state index in [4.69, 9.17) is 5.73 Å². The minimum atomic E-state index is -0.228. The molecule has 6 nitrogen and oxygen atoms in total. The third kappa shape index (κ3) is 4.34. The van der Waals surface area contributed by atoms with Crippen molar-refractivity contribution in [2.45, 2.75) is 20.8 Å². The van der Waals surface area contributed by atoms with Gasteiger partial charge in [-0.25, -0.2) is 0 Å². The molecular formula is C14H23N5OS. The van der Waals surface area contributed by atoms with Gasteiger partial charge in [0.05, 0.1) is 5.69 Å². The Hall–Kier alpha value is -1.78. The fourth-order valence-corrected chi connectivity index (χ4v) is 2.97. The summed E-state index contributed by atoms with van der Waals surface area (Å²) in [4.78, 5) is 14.6. The number of nitrogens with one attached hydrogen (secondary N) is 2. The van der Waals surface area contributed by atoms with E-state index < -0.39 is 0 Å². The lowest BCUT2D eigenvalue weighted by atomic mass is 10.2. The summed E-state index contributed by atoms with van der Waals surface area (Å²) in [6.45, 7) is 10.2. The van der Waals surface area contributed by atoms with Gasteiger partial charge in [0.15, 0.2) is 0 Å². The average molecular weight is 309 g/mol. The summed E-state index contributed by atoms with van der Waals surface area (Å²) in [5.41, 5.74) is 6.53.